The van der Waals surface area contributed by atoms with Crippen LogP contribution in [-0.4, -0.2) is 18.6 Å². The molecule has 17 heavy (non-hydrogen) atoms. The molecule has 94 valence electrons. The molecule has 2 atom stereocenters. The fraction of sp³-hybridized carbons (Fsp3) is 0.917. The Hall–Kier alpha value is -1.24. The molecule has 5 heteroatoms. The average molecular weight is 235 g/mol. The second-order valence-electron chi connectivity index (χ2n) is 5.18. The topological polar surface area (TPSA) is 84.6 Å². The van der Waals surface area contributed by atoms with Crippen molar-refractivity contribution in [2.45, 2.75) is 45.1 Å². The van der Waals surface area contributed by atoms with Crippen LogP contribution in [0.3, 0.4) is 0 Å². The zero-order valence-corrected chi connectivity index (χ0v) is 10.7. The van der Waals surface area contributed by atoms with E-state index < -0.39 is 5.54 Å². The first kappa shape index (κ1) is 13.8. The summed E-state index contributed by atoms with van der Waals surface area (Å²) in [7, 11) is 0. The maximum atomic E-state index is 9.38. The van der Waals surface area contributed by atoms with Crippen molar-refractivity contribution in [2.75, 3.05) is 13.1 Å². The van der Waals surface area contributed by atoms with Crippen LogP contribution in [0.1, 0.15) is 39.5 Å². The van der Waals surface area contributed by atoms with Gasteiger partial charge in [0.15, 0.2) is 0 Å². The summed E-state index contributed by atoms with van der Waals surface area (Å²) in [4.78, 5) is 2.71. The molecule has 1 aliphatic rings. The first-order chi connectivity index (χ1) is 8.13. The van der Waals surface area contributed by atoms with Crippen LogP contribution in [0.4, 0.5) is 0 Å². The van der Waals surface area contributed by atoms with E-state index in [1.165, 1.54) is 6.42 Å². The maximum Gasteiger partial charge on any atom is 0.107 e. The van der Waals surface area contributed by atoms with Crippen LogP contribution in [-0.2, 0) is 0 Å². The second kappa shape index (κ2) is 6.48. The van der Waals surface area contributed by atoms with Crippen molar-refractivity contribution in [3.8, 4) is 6.07 Å². The Labute approximate surface area is 103 Å². The Kier molecular flexibility index (Phi) is 5.27. The number of nitrogens with one attached hydrogen (secondary N) is 1. The molecule has 0 bridgehead atoms. The first-order valence-corrected chi connectivity index (χ1v) is 6.31. The van der Waals surface area contributed by atoms with Crippen LogP contribution < -0.4 is 5.32 Å². The van der Waals surface area contributed by atoms with Gasteiger partial charge in [0, 0.05) is 18.0 Å². The third kappa shape index (κ3) is 3.92. The molecular weight excluding hydrogens is 214 g/mol. The van der Waals surface area contributed by atoms with Gasteiger partial charge in [0.1, 0.15) is 5.54 Å². The fourth-order valence-corrected chi connectivity index (χ4v) is 2.58. The highest BCUT2D eigenvalue weighted by Crippen LogP contribution is 2.35. The molecule has 0 aromatic rings. The van der Waals surface area contributed by atoms with Crippen molar-refractivity contribution in [2.24, 2.45) is 17.0 Å². The molecule has 1 saturated carbocycles. The molecule has 0 aromatic carbocycles. The van der Waals surface area contributed by atoms with Crippen LogP contribution in [0.25, 0.3) is 10.4 Å². The highest BCUT2D eigenvalue weighted by atomic mass is 15.1. The third-order valence-corrected chi connectivity index (χ3v) is 3.68. The predicted molar refractivity (Wildman–Crippen MR) is 67.2 cm³/mol. The minimum atomic E-state index is -0.405. The Bertz CT molecular complexity index is 326. The normalized spacial score (nSPS) is 28.5. The molecular formula is C12H21N5. The van der Waals surface area contributed by atoms with Gasteiger partial charge in [-0.1, -0.05) is 25.4 Å². The first-order valence-electron chi connectivity index (χ1n) is 6.31. The largest absolute Gasteiger partial charge is 0.299 e. The summed E-state index contributed by atoms with van der Waals surface area (Å²) in [5.41, 5.74) is 7.80. The van der Waals surface area contributed by atoms with Crippen molar-refractivity contribution < 1.29 is 0 Å². The maximum absolute atomic E-state index is 9.38. The summed E-state index contributed by atoms with van der Waals surface area (Å²) in [5.74, 6) is 1.25. The average Bonchev–Trinajstić information content (AvgIpc) is 2.35. The van der Waals surface area contributed by atoms with Gasteiger partial charge >= 0.3 is 0 Å². The number of nitrogens with zero attached hydrogens (tertiary/aromatic N) is 4. The lowest BCUT2D eigenvalue weighted by atomic mass is 9.72. The SMILES string of the molecule is CC(C)C1CCCC(C#N)(NCCN=[N+]=[N-])C1. The molecule has 1 fully saturated rings. The van der Waals surface area contributed by atoms with Crippen LogP contribution >= 0.6 is 0 Å². The number of azide groups is 1. The highest BCUT2D eigenvalue weighted by molar-refractivity contribution is 5.10. The minimum Gasteiger partial charge on any atom is -0.299 e. The number of hydrogen-bond donors (Lipinski definition) is 1. The molecule has 0 aliphatic heterocycles. The lowest BCUT2D eigenvalue weighted by Crippen LogP contribution is -2.49. The van der Waals surface area contributed by atoms with Crippen LogP contribution in [0.15, 0.2) is 5.11 Å². The van der Waals surface area contributed by atoms with E-state index in [0.29, 0.717) is 24.9 Å². The predicted octanol–water partition coefficient (Wildman–Crippen LogP) is 2.99. The van der Waals surface area contributed by atoms with Gasteiger partial charge in [-0.25, -0.2) is 0 Å². The van der Waals surface area contributed by atoms with Crippen LogP contribution in [0.5, 0.6) is 0 Å². The molecule has 1 rings (SSSR count). The number of hydrogen-bond acceptors (Lipinski definition) is 3. The molecule has 1 N–H and O–H groups in total. The summed E-state index contributed by atoms with van der Waals surface area (Å²) < 4.78 is 0. The van der Waals surface area contributed by atoms with Gasteiger partial charge in [0.2, 0.25) is 0 Å². The zero-order valence-electron chi connectivity index (χ0n) is 10.7. The highest BCUT2D eigenvalue weighted by Gasteiger charge is 2.36. The molecule has 2 unspecified atom stereocenters. The lowest BCUT2D eigenvalue weighted by Gasteiger charge is -2.38. The van der Waals surface area contributed by atoms with Gasteiger partial charge in [-0.05, 0) is 36.6 Å². The molecule has 0 amide bonds. The molecule has 0 spiro atoms. The quantitative estimate of drug-likeness (QED) is 0.344. The smallest absolute Gasteiger partial charge is 0.107 e. The van der Waals surface area contributed by atoms with Gasteiger partial charge in [0.05, 0.1) is 6.07 Å². The van der Waals surface area contributed by atoms with E-state index in [0.717, 1.165) is 19.3 Å². The standard InChI is InChI=1S/C12H21N5/c1-10(2)11-4-3-5-12(8-11,9-13)15-6-7-16-17-14/h10-11,15H,3-8H2,1-2H3. The number of rotatable bonds is 5. The third-order valence-electron chi connectivity index (χ3n) is 3.68. The van der Waals surface area contributed by atoms with Crippen molar-refractivity contribution >= 4 is 0 Å². The van der Waals surface area contributed by atoms with Crippen molar-refractivity contribution in [1.82, 2.24) is 5.32 Å². The molecule has 0 saturated heterocycles. The van der Waals surface area contributed by atoms with E-state index in [4.69, 9.17) is 5.53 Å². The van der Waals surface area contributed by atoms with Gasteiger partial charge < -0.3 is 0 Å². The molecule has 1 aliphatic carbocycles. The molecule has 0 radical (unpaired) electrons. The van der Waals surface area contributed by atoms with Gasteiger partial charge in [0.25, 0.3) is 0 Å². The van der Waals surface area contributed by atoms with E-state index in [-0.39, 0.29) is 0 Å². The summed E-state index contributed by atoms with van der Waals surface area (Å²) in [6.07, 6.45) is 4.14. The molecule has 0 heterocycles. The molecule has 0 aromatic heterocycles. The van der Waals surface area contributed by atoms with Gasteiger partial charge in [-0.2, -0.15) is 5.26 Å². The monoisotopic (exact) mass is 235 g/mol. The van der Waals surface area contributed by atoms with E-state index in [9.17, 15) is 5.26 Å². The Morgan fingerprint density at radius 3 is 3.00 bits per heavy atom. The Balaban J connectivity index is 2.55. The van der Waals surface area contributed by atoms with Gasteiger partial charge in [-0.15, -0.1) is 0 Å². The van der Waals surface area contributed by atoms with Crippen molar-refractivity contribution in [1.29, 1.82) is 5.26 Å². The number of nitriles is 1. The van der Waals surface area contributed by atoms with Crippen molar-refractivity contribution in [3.05, 3.63) is 10.4 Å². The molecule has 5 nitrogen and oxygen atoms in total. The summed E-state index contributed by atoms with van der Waals surface area (Å²) in [6.45, 7) is 5.44. The van der Waals surface area contributed by atoms with E-state index in [2.05, 4.69) is 35.3 Å². The Morgan fingerprint density at radius 2 is 2.41 bits per heavy atom. The van der Waals surface area contributed by atoms with E-state index >= 15 is 0 Å². The fourth-order valence-electron chi connectivity index (χ4n) is 2.58. The van der Waals surface area contributed by atoms with Crippen LogP contribution in [0, 0.1) is 23.2 Å². The van der Waals surface area contributed by atoms with Gasteiger partial charge in [-0.3, -0.25) is 5.32 Å². The minimum absolute atomic E-state index is 0.405. The Morgan fingerprint density at radius 1 is 1.65 bits per heavy atom. The van der Waals surface area contributed by atoms with Crippen molar-refractivity contribution in [3.63, 3.8) is 0 Å². The lowest BCUT2D eigenvalue weighted by molar-refractivity contribution is 0.190. The zero-order chi connectivity index (χ0) is 12.7. The summed E-state index contributed by atoms with van der Waals surface area (Å²) in [6, 6.07) is 2.43. The van der Waals surface area contributed by atoms with Crippen LogP contribution in [0.2, 0.25) is 0 Å². The summed E-state index contributed by atoms with van der Waals surface area (Å²) in [5, 5.41) is 16.1. The van der Waals surface area contributed by atoms with E-state index in [1.807, 2.05) is 0 Å². The summed E-state index contributed by atoms with van der Waals surface area (Å²) >= 11 is 0. The van der Waals surface area contributed by atoms with E-state index in [1.54, 1.807) is 0 Å². The second-order valence-corrected chi connectivity index (χ2v) is 5.18.